The lowest BCUT2D eigenvalue weighted by Gasteiger charge is -2.45. The van der Waals surface area contributed by atoms with E-state index in [0.717, 1.165) is 11.1 Å². The number of aromatic nitrogens is 4. The van der Waals surface area contributed by atoms with E-state index in [9.17, 15) is 9.50 Å². The maximum Gasteiger partial charge on any atom is 0.233 e. The quantitative estimate of drug-likeness (QED) is 0.603. The van der Waals surface area contributed by atoms with Crippen molar-refractivity contribution in [2.24, 2.45) is 0 Å². The highest BCUT2D eigenvalue weighted by atomic mass is 19.1. The molecule has 172 valence electrons. The van der Waals surface area contributed by atoms with Crippen LogP contribution >= 0.6 is 0 Å². The van der Waals surface area contributed by atoms with E-state index in [1.165, 1.54) is 7.11 Å². The molecule has 10 heteroatoms. The molecule has 0 amide bonds. The van der Waals surface area contributed by atoms with Crippen LogP contribution in [0.25, 0.3) is 22.4 Å². The molecule has 2 N–H and O–H groups in total. The van der Waals surface area contributed by atoms with E-state index >= 15 is 0 Å². The van der Waals surface area contributed by atoms with Crippen LogP contribution in [0.15, 0.2) is 42.9 Å². The predicted octanol–water partition coefficient (Wildman–Crippen LogP) is 2.22. The zero-order chi connectivity index (χ0) is 22.9. The van der Waals surface area contributed by atoms with Crippen molar-refractivity contribution in [3.8, 4) is 34.0 Å². The molecule has 4 atom stereocenters. The van der Waals surface area contributed by atoms with Crippen molar-refractivity contribution in [2.45, 2.75) is 30.7 Å². The van der Waals surface area contributed by atoms with Gasteiger partial charge in [0.1, 0.15) is 17.7 Å². The van der Waals surface area contributed by atoms with Gasteiger partial charge in [-0.25, -0.2) is 9.37 Å². The number of alkyl halides is 1. The fourth-order valence-corrected chi connectivity index (χ4v) is 4.46. The maximum absolute atomic E-state index is 15.0. The molecule has 2 aliphatic rings. The Bertz CT molecular complexity index is 1130. The third kappa shape index (κ3) is 4.19. The number of nitrogens with zero attached hydrogens (tertiary/aromatic N) is 5. The Morgan fingerprint density at radius 1 is 1.15 bits per heavy atom. The van der Waals surface area contributed by atoms with Gasteiger partial charge in [0.25, 0.3) is 0 Å². The summed E-state index contributed by atoms with van der Waals surface area (Å²) in [5.41, 5.74) is 2.60. The van der Waals surface area contributed by atoms with Gasteiger partial charge in [-0.15, -0.1) is 5.10 Å². The normalized spacial score (nSPS) is 24.3. The third-order valence-corrected chi connectivity index (χ3v) is 6.29. The summed E-state index contributed by atoms with van der Waals surface area (Å²) in [6.07, 6.45) is 4.37. The van der Waals surface area contributed by atoms with Gasteiger partial charge in [0.2, 0.25) is 5.88 Å². The average Bonchev–Trinajstić information content (AvgIpc) is 2.86. The highest BCUT2D eigenvalue weighted by Crippen LogP contribution is 2.33. The van der Waals surface area contributed by atoms with E-state index in [-0.39, 0.29) is 23.9 Å². The second kappa shape index (κ2) is 8.87. The third-order valence-electron chi connectivity index (χ3n) is 6.29. The Morgan fingerprint density at radius 3 is 2.79 bits per heavy atom. The van der Waals surface area contributed by atoms with Crippen LogP contribution in [0.2, 0.25) is 0 Å². The van der Waals surface area contributed by atoms with Crippen molar-refractivity contribution in [3.05, 3.63) is 42.9 Å². The summed E-state index contributed by atoms with van der Waals surface area (Å²) in [5.74, 6) is 1.04. The lowest BCUT2D eigenvalue weighted by molar-refractivity contribution is -0.0175. The Labute approximate surface area is 190 Å². The van der Waals surface area contributed by atoms with Crippen LogP contribution in [0.5, 0.6) is 11.6 Å². The Morgan fingerprint density at radius 2 is 2.03 bits per heavy atom. The van der Waals surface area contributed by atoms with Gasteiger partial charge in [-0.3, -0.25) is 4.98 Å². The molecule has 0 saturated carbocycles. The molecule has 0 spiro atoms. The number of aromatic hydroxyl groups is 1. The van der Waals surface area contributed by atoms with E-state index in [0.29, 0.717) is 42.6 Å². The van der Waals surface area contributed by atoms with Gasteiger partial charge >= 0.3 is 0 Å². The molecule has 2 aromatic heterocycles. The summed E-state index contributed by atoms with van der Waals surface area (Å²) in [5, 5.41) is 21.7. The highest BCUT2D eigenvalue weighted by Gasteiger charge is 2.42. The molecular formula is C23H25FN6O3. The molecule has 33 heavy (non-hydrogen) atoms. The molecule has 2 aliphatic heterocycles. The van der Waals surface area contributed by atoms with Crippen LogP contribution in [-0.2, 0) is 4.74 Å². The second-order valence-corrected chi connectivity index (χ2v) is 8.34. The molecule has 2 saturated heterocycles. The standard InChI is InChI=1S/C23H25FN6O3/c1-30(19-7-15-11-33-12-18(28-15)23(19)24)21-10-25-17(9-26-21)16-4-3-13(5-20(16)31)14-6-22(32-2)29-27-8-14/h3-6,8-10,15,18-19,23,28,31H,7,11-12H2,1-2H3/t15-,18-,19+,23-/m1/s1. The monoisotopic (exact) mass is 452 g/mol. The molecule has 2 bridgehead atoms. The summed E-state index contributed by atoms with van der Waals surface area (Å²) in [7, 11) is 3.36. The number of methoxy groups -OCH3 is 1. The number of benzene rings is 1. The molecule has 4 heterocycles. The fraction of sp³-hybridized carbons (Fsp3) is 0.391. The van der Waals surface area contributed by atoms with E-state index in [1.54, 1.807) is 36.8 Å². The number of morpholine rings is 1. The molecule has 3 aromatic rings. The number of fused-ring (bicyclic) bond motifs is 2. The summed E-state index contributed by atoms with van der Waals surface area (Å²) in [4.78, 5) is 10.8. The Kier molecular flexibility index (Phi) is 5.77. The molecule has 5 rings (SSSR count). The first-order valence-corrected chi connectivity index (χ1v) is 10.8. The van der Waals surface area contributed by atoms with Crippen LogP contribution in [0.4, 0.5) is 10.2 Å². The van der Waals surface area contributed by atoms with Crippen LogP contribution < -0.4 is 15.0 Å². The van der Waals surface area contributed by atoms with Crippen molar-refractivity contribution in [3.63, 3.8) is 0 Å². The topological polar surface area (TPSA) is 106 Å². The summed E-state index contributed by atoms with van der Waals surface area (Å²) < 4.78 is 25.6. The minimum absolute atomic E-state index is 0.0636. The largest absolute Gasteiger partial charge is 0.507 e. The maximum atomic E-state index is 15.0. The summed E-state index contributed by atoms with van der Waals surface area (Å²) in [6, 6.07) is 6.55. The van der Waals surface area contributed by atoms with Crippen LogP contribution in [0, 0.1) is 0 Å². The zero-order valence-electron chi connectivity index (χ0n) is 18.3. The minimum Gasteiger partial charge on any atom is -0.507 e. The first-order chi connectivity index (χ1) is 16.0. The molecule has 9 nitrogen and oxygen atoms in total. The average molecular weight is 452 g/mol. The first-order valence-electron chi connectivity index (χ1n) is 10.8. The van der Waals surface area contributed by atoms with E-state index < -0.39 is 6.17 Å². The van der Waals surface area contributed by atoms with Crippen LogP contribution in [-0.4, -0.2) is 76.9 Å². The molecule has 0 aliphatic carbocycles. The van der Waals surface area contributed by atoms with Crippen LogP contribution in [0.3, 0.4) is 0 Å². The number of hydrogen-bond acceptors (Lipinski definition) is 9. The van der Waals surface area contributed by atoms with E-state index in [2.05, 4.69) is 25.5 Å². The first kappa shape index (κ1) is 21.5. The number of hydrogen-bond donors (Lipinski definition) is 2. The van der Waals surface area contributed by atoms with Gasteiger partial charge in [0, 0.05) is 30.3 Å². The second-order valence-electron chi connectivity index (χ2n) is 8.34. The Hall–Kier alpha value is -3.37. The van der Waals surface area contributed by atoms with Crippen LogP contribution in [0.1, 0.15) is 6.42 Å². The molecular weight excluding hydrogens is 427 g/mol. The summed E-state index contributed by atoms with van der Waals surface area (Å²) >= 11 is 0. The van der Waals surface area contributed by atoms with E-state index in [1.807, 2.05) is 18.0 Å². The number of anilines is 1. The highest BCUT2D eigenvalue weighted by molar-refractivity contribution is 5.74. The van der Waals surface area contributed by atoms with Crippen molar-refractivity contribution in [2.75, 3.05) is 32.3 Å². The number of rotatable bonds is 5. The fourth-order valence-electron chi connectivity index (χ4n) is 4.46. The molecule has 2 fully saturated rings. The molecule has 1 aromatic carbocycles. The number of nitrogens with one attached hydrogen (secondary N) is 1. The number of phenolic OH excluding ortho intramolecular Hbond substituents is 1. The van der Waals surface area contributed by atoms with Gasteiger partial charge in [0.05, 0.1) is 56.7 Å². The predicted molar refractivity (Wildman–Crippen MR) is 120 cm³/mol. The summed E-state index contributed by atoms with van der Waals surface area (Å²) in [6.45, 7) is 0.972. The zero-order valence-corrected chi connectivity index (χ0v) is 18.3. The molecule has 0 radical (unpaired) electrons. The number of ether oxygens (including phenoxy) is 2. The van der Waals surface area contributed by atoms with Crippen molar-refractivity contribution in [1.82, 2.24) is 25.5 Å². The number of piperidine rings is 1. The lowest BCUT2D eigenvalue weighted by Crippen LogP contribution is -2.65. The molecule has 0 unspecified atom stereocenters. The number of phenols is 1. The van der Waals surface area contributed by atoms with Crippen molar-refractivity contribution in [1.29, 1.82) is 0 Å². The van der Waals surface area contributed by atoms with Gasteiger partial charge < -0.3 is 24.8 Å². The lowest BCUT2D eigenvalue weighted by atomic mass is 9.90. The number of halogens is 1. The van der Waals surface area contributed by atoms with Gasteiger partial charge in [-0.2, -0.15) is 5.10 Å². The van der Waals surface area contributed by atoms with Gasteiger partial charge in [0.15, 0.2) is 0 Å². The van der Waals surface area contributed by atoms with E-state index in [4.69, 9.17) is 9.47 Å². The minimum atomic E-state index is -1.06. The van der Waals surface area contributed by atoms with Gasteiger partial charge in [-0.1, -0.05) is 6.07 Å². The Balaban J connectivity index is 1.35. The van der Waals surface area contributed by atoms with Crippen molar-refractivity contribution < 1.29 is 19.0 Å². The SMILES string of the molecule is COc1cc(-c2ccc(-c3cnc(N(C)[C@H]4C[C@@H]5COC[C@@H](N5)[C@H]4F)cn3)c(O)c2)cnn1. The van der Waals surface area contributed by atoms with Crippen molar-refractivity contribution >= 4 is 5.82 Å². The smallest absolute Gasteiger partial charge is 0.233 e. The van der Waals surface area contributed by atoms with Gasteiger partial charge in [-0.05, 0) is 24.1 Å².